The lowest BCUT2D eigenvalue weighted by molar-refractivity contribution is -0.141. The second kappa shape index (κ2) is 6.89. The molecule has 1 rings (SSSR count). The number of carbonyl (C=O) groups is 1. The summed E-state index contributed by atoms with van der Waals surface area (Å²) in [5, 5.41) is 3.13. The van der Waals surface area contributed by atoms with Gasteiger partial charge < -0.3 is 10.1 Å². The van der Waals surface area contributed by atoms with E-state index in [0.717, 1.165) is 0 Å². The molecule has 0 saturated carbocycles. The Morgan fingerprint density at radius 1 is 1.61 bits per heavy atom. The minimum Gasteiger partial charge on any atom is -0.467 e. The minimum atomic E-state index is -0.461. The first-order valence-corrected chi connectivity index (χ1v) is 6.63. The molecule has 0 fully saturated rings. The second-order valence-electron chi connectivity index (χ2n) is 4.19. The molecule has 1 N–H and O–H groups in total. The average molecular weight is 337 g/mol. The molecule has 0 bridgehead atoms. The smallest absolute Gasteiger partial charge is 0.328 e. The van der Waals surface area contributed by atoms with Crippen LogP contribution in [0.1, 0.15) is 20.3 Å². The van der Waals surface area contributed by atoms with Crippen LogP contribution in [0.25, 0.3) is 0 Å². The zero-order valence-corrected chi connectivity index (χ0v) is 12.7. The Morgan fingerprint density at radius 2 is 2.28 bits per heavy atom. The van der Waals surface area contributed by atoms with Crippen LogP contribution in [-0.2, 0) is 9.53 Å². The fourth-order valence-electron chi connectivity index (χ4n) is 1.44. The fraction of sp³-hybridized carbons (Fsp3) is 0.545. The normalized spacial score (nSPS) is 12.3. The Morgan fingerprint density at radius 3 is 2.83 bits per heavy atom. The zero-order valence-electron chi connectivity index (χ0n) is 10.4. The van der Waals surface area contributed by atoms with Gasteiger partial charge in [-0.1, -0.05) is 13.8 Å². The van der Waals surface area contributed by atoms with Crippen molar-refractivity contribution in [2.75, 3.05) is 12.4 Å². The summed E-state index contributed by atoms with van der Waals surface area (Å²) in [6, 6.07) is -0.461. The molecule has 18 heavy (non-hydrogen) atoms. The van der Waals surface area contributed by atoms with Gasteiger partial charge in [-0.2, -0.15) is 4.98 Å². The Hall–Kier alpha value is -0.880. The molecule has 5 nitrogen and oxygen atoms in total. The quantitative estimate of drug-likeness (QED) is 0.661. The first-order chi connectivity index (χ1) is 8.43. The van der Waals surface area contributed by atoms with Crippen LogP contribution in [0.15, 0.2) is 10.7 Å². The largest absolute Gasteiger partial charge is 0.467 e. The van der Waals surface area contributed by atoms with Gasteiger partial charge in [0.05, 0.1) is 11.6 Å². The number of hydrogen-bond acceptors (Lipinski definition) is 5. The molecule has 0 spiro atoms. The van der Waals surface area contributed by atoms with E-state index in [4.69, 9.17) is 16.3 Å². The van der Waals surface area contributed by atoms with Crippen molar-refractivity contribution in [2.45, 2.75) is 26.3 Å². The van der Waals surface area contributed by atoms with Crippen molar-refractivity contribution in [1.82, 2.24) is 9.97 Å². The summed E-state index contributed by atoms with van der Waals surface area (Å²) in [6.07, 6.45) is 2.17. The van der Waals surface area contributed by atoms with Crippen molar-refractivity contribution in [1.29, 1.82) is 0 Å². The Labute approximate surface area is 119 Å². The topological polar surface area (TPSA) is 64.1 Å². The predicted molar refractivity (Wildman–Crippen MR) is 73.6 cm³/mol. The van der Waals surface area contributed by atoms with E-state index >= 15 is 0 Å². The number of nitrogens with zero attached hydrogens (tertiary/aromatic N) is 2. The molecule has 1 atom stereocenters. The molecule has 1 unspecified atom stereocenters. The van der Waals surface area contributed by atoms with Gasteiger partial charge in [-0.15, -0.1) is 0 Å². The van der Waals surface area contributed by atoms with E-state index in [1.807, 2.05) is 13.8 Å². The predicted octanol–water partition coefficient (Wildman–Crippen LogP) is 2.89. The molecule has 0 aliphatic rings. The molecule has 1 aromatic rings. The second-order valence-corrected chi connectivity index (χ2v) is 5.38. The van der Waals surface area contributed by atoms with Gasteiger partial charge in [-0.05, 0) is 39.9 Å². The van der Waals surface area contributed by atoms with Gasteiger partial charge in [0.2, 0.25) is 5.28 Å². The lowest BCUT2D eigenvalue weighted by Crippen LogP contribution is -2.32. The van der Waals surface area contributed by atoms with Crippen molar-refractivity contribution >= 4 is 39.3 Å². The standard InChI is InChI=1S/C11H15BrClN3O2/c1-6(2)4-8(10(17)18-3)15-9-7(12)5-14-11(13)16-9/h5-6,8H,4H2,1-3H3,(H,14,15,16). The van der Waals surface area contributed by atoms with Crippen molar-refractivity contribution < 1.29 is 9.53 Å². The molecule has 0 aromatic carbocycles. The maximum atomic E-state index is 11.7. The molecular weight excluding hydrogens is 321 g/mol. The summed E-state index contributed by atoms with van der Waals surface area (Å²) in [7, 11) is 1.36. The van der Waals surface area contributed by atoms with E-state index in [-0.39, 0.29) is 11.3 Å². The highest BCUT2D eigenvalue weighted by molar-refractivity contribution is 9.10. The van der Waals surface area contributed by atoms with E-state index in [1.165, 1.54) is 13.3 Å². The lowest BCUT2D eigenvalue weighted by Gasteiger charge is -2.19. The van der Waals surface area contributed by atoms with Gasteiger partial charge in [-0.25, -0.2) is 9.78 Å². The van der Waals surface area contributed by atoms with E-state index in [0.29, 0.717) is 22.6 Å². The molecule has 1 aromatic heterocycles. The number of anilines is 1. The summed E-state index contributed by atoms with van der Waals surface area (Å²) < 4.78 is 5.41. The summed E-state index contributed by atoms with van der Waals surface area (Å²) in [6.45, 7) is 4.05. The molecule has 1 heterocycles. The third kappa shape index (κ3) is 4.42. The van der Waals surface area contributed by atoms with Crippen LogP contribution in [0.4, 0.5) is 5.82 Å². The van der Waals surface area contributed by atoms with E-state index in [2.05, 4.69) is 31.2 Å². The third-order valence-electron chi connectivity index (χ3n) is 2.22. The number of halogens is 2. The van der Waals surface area contributed by atoms with Gasteiger partial charge in [0.25, 0.3) is 0 Å². The van der Waals surface area contributed by atoms with Crippen LogP contribution in [-0.4, -0.2) is 29.1 Å². The Bertz CT molecular complexity index is 429. The molecule has 100 valence electrons. The van der Waals surface area contributed by atoms with Crippen LogP contribution in [0, 0.1) is 5.92 Å². The SMILES string of the molecule is COC(=O)C(CC(C)C)Nc1nc(Cl)ncc1Br. The molecule has 0 aliphatic heterocycles. The highest BCUT2D eigenvalue weighted by Crippen LogP contribution is 2.22. The molecule has 0 amide bonds. The third-order valence-corrected chi connectivity index (χ3v) is 2.98. The number of methoxy groups -OCH3 is 1. The molecule has 0 radical (unpaired) electrons. The van der Waals surface area contributed by atoms with Crippen LogP contribution < -0.4 is 5.32 Å². The van der Waals surface area contributed by atoms with Crippen LogP contribution in [0.5, 0.6) is 0 Å². The van der Waals surface area contributed by atoms with Crippen molar-refractivity contribution in [3.8, 4) is 0 Å². The highest BCUT2D eigenvalue weighted by Gasteiger charge is 2.21. The Balaban J connectivity index is 2.88. The van der Waals surface area contributed by atoms with E-state index < -0.39 is 6.04 Å². The number of aromatic nitrogens is 2. The monoisotopic (exact) mass is 335 g/mol. The van der Waals surface area contributed by atoms with Crippen molar-refractivity contribution in [3.05, 3.63) is 16.0 Å². The number of carbonyl (C=O) groups excluding carboxylic acids is 1. The van der Waals surface area contributed by atoms with Crippen molar-refractivity contribution in [2.24, 2.45) is 5.92 Å². The Kier molecular flexibility index (Phi) is 5.81. The maximum absolute atomic E-state index is 11.7. The van der Waals surface area contributed by atoms with Crippen LogP contribution in [0.3, 0.4) is 0 Å². The van der Waals surface area contributed by atoms with Gasteiger partial charge in [0, 0.05) is 6.20 Å². The minimum absolute atomic E-state index is 0.119. The van der Waals surface area contributed by atoms with E-state index in [1.54, 1.807) is 0 Å². The van der Waals surface area contributed by atoms with E-state index in [9.17, 15) is 4.79 Å². The van der Waals surface area contributed by atoms with Crippen LogP contribution in [0.2, 0.25) is 5.28 Å². The molecule has 0 saturated heterocycles. The molecular formula is C11H15BrClN3O2. The number of esters is 1. The van der Waals surface area contributed by atoms with Gasteiger partial charge in [0.15, 0.2) is 0 Å². The van der Waals surface area contributed by atoms with Gasteiger partial charge >= 0.3 is 5.97 Å². The first-order valence-electron chi connectivity index (χ1n) is 5.46. The number of nitrogens with one attached hydrogen (secondary N) is 1. The molecule has 0 aliphatic carbocycles. The number of ether oxygens (including phenoxy) is 1. The van der Waals surface area contributed by atoms with Crippen molar-refractivity contribution in [3.63, 3.8) is 0 Å². The van der Waals surface area contributed by atoms with Gasteiger partial charge in [-0.3, -0.25) is 0 Å². The summed E-state index contributed by atoms with van der Waals surface area (Å²) >= 11 is 9.02. The summed E-state index contributed by atoms with van der Waals surface area (Å²) in [5.41, 5.74) is 0. The highest BCUT2D eigenvalue weighted by atomic mass is 79.9. The number of hydrogen-bond donors (Lipinski definition) is 1. The summed E-state index contributed by atoms with van der Waals surface area (Å²) in [4.78, 5) is 19.5. The van der Waals surface area contributed by atoms with Crippen LogP contribution >= 0.6 is 27.5 Å². The summed E-state index contributed by atoms with van der Waals surface area (Å²) in [5.74, 6) is 0.495. The fourth-order valence-corrected chi connectivity index (χ4v) is 1.88. The number of rotatable bonds is 5. The zero-order chi connectivity index (χ0) is 13.7. The van der Waals surface area contributed by atoms with Gasteiger partial charge in [0.1, 0.15) is 11.9 Å². The first kappa shape index (κ1) is 15.2. The average Bonchev–Trinajstić information content (AvgIpc) is 2.31. The molecule has 7 heteroatoms. The lowest BCUT2D eigenvalue weighted by atomic mass is 10.0. The maximum Gasteiger partial charge on any atom is 0.328 e.